The normalized spacial score (nSPS) is 10.7. The third kappa shape index (κ3) is 1.61. The van der Waals surface area contributed by atoms with E-state index in [2.05, 4.69) is 4.98 Å². The van der Waals surface area contributed by atoms with Gasteiger partial charge in [-0.2, -0.15) is 0 Å². The highest BCUT2D eigenvalue weighted by molar-refractivity contribution is 5.97. The van der Waals surface area contributed by atoms with Gasteiger partial charge in [-0.3, -0.25) is 9.78 Å². The lowest BCUT2D eigenvalue weighted by molar-refractivity contribution is 0.101. The smallest absolute Gasteiger partial charge is 0.176 e. The van der Waals surface area contributed by atoms with Gasteiger partial charge in [-0.1, -0.05) is 12.1 Å². The van der Waals surface area contributed by atoms with Crippen molar-refractivity contribution in [3.63, 3.8) is 0 Å². The van der Waals surface area contributed by atoms with Crippen molar-refractivity contribution in [1.82, 2.24) is 9.38 Å². The lowest BCUT2D eigenvalue weighted by atomic mass is 10.1. The molecular formula is C15H12N2O. The number of fused-ring (bicyclic) bond motifs is 1. The first-order valence-corrected chi connectivity index (χ1v) is 5.80. The van der Waals surface area contributed by atoms with Crippen molar-refractivity contribution in [2.75, 3.05) is 0 Å². The number of Topliss-reactive ketones (excluding diaryl/α,β-unsaturated/α-hetero) is 1. The summed E-state index contributed by atoms with van der Waals surface area (Å²) in [5.41, 5.74) is 3.56. The fourth-order valence-electron chi connectivity index (χ4n) is 2.15. The van der Waals surface area contributed by atoms with Crippen molar-refractivity contribution >= 4 is 11.3 Å². The van der Waals surface area contributed by atoms with Crippen LogP contribution in [0.1, 0.15) is 17.4 Å². The van der Waals surface area contributed by atoms with Crippen LogP contribution in [0.5, 0.6) is 0 Å². The third-order valence-electron chi connectivity index (χ3n) is 2.98. The average molecular weight is 236 g/mol. The molecule has 0 saturated heterocycles. The molecule has 0 spiro atoms. The van der Waals surface area contributed by atoms with Crippen LogP contribution in [0.4, 0.5) is 0 Å². The van der Waals surface area contributed by atoms with E-state index in [-0.39, 0.29) is 5.78 Å². The predicted molar refractivity (Wildman–Crippen MR) is 70.6 cm³/mol. The fraction of sp³-hybridized carbons (Fsp3) is 0.0667. The quantitative estimate of drug-likeness (QED) is 0.640. The van der Waals surface area contributed by atoms with E-state index in [1.165, 1.54) is 0 Å². The Labute approximate surface area is 105 Å². The Morgan fingerprint density at radius 2 is 2.00 bits per heavy atom. The van der Waals surface area contributed by atoms with Crippen molar-refractivity contribution in [2.45, 2.75) is 6.92 Å². The summed E-state index contributed by atoms with van der Waals surface area (Å²) in [6.07, 6.45) is 3.66. The highest BCUT2D eigenvalue weighted by atomic mass is 16.1. The summed E-state index contributed by atoms with van der Waals surface area (Å²) in [7, 11) is 0. The zero-order chi connectivity index (χ0) is 12.5. The van der Waals surface area contributed by atoms with Gasteiger partial charge in [-0.25, -0.2) is 0 Å². The summed E-state index contributed by atoms with van der Waals surface area (Å²) < 4.78 is 1.91. The maximum atomic E-state index is 11.7. The number of hydrogen-bond donors (Lipinski definition) is 0. The van der Waals surface area contributed by atoms with Crippen LogP contribution in [0, 0.1) is 0 Å². The van der Waals surface area contributed by atoms with Gasteiger partial charge in [0.15, 0.2) is 5.78 Å². The van der Waals surface area contributed by atoms with Gasteiger partial charge < -0.3 is 4.40 Å². The van der Waals surface area contributed by atoms with Gasteiger partial charge in [0.05, 0.1) is 16.9 Å². The van der Waals surface area contributed by atoms with E-state index in [9.17, 15) is 4.79 Å². The second-order valence-corrected chi connectivity index (χ2v) is 4.17. The van der Waals surface area contributed by atoms with Crippen LogP contribution in [0.3, 0.4) is 0 Å². The zero-order valence-corrected chi connectivity index (χ0v) is 10.00. The molecule has 18 heavy (non-hydrogen) atoms. The fourth-order valence-corrected chi connectivity index (χ4v) is 2.15. The Hall–Kier alpha value is -2.42. The van der Waals surface area contributed by atoms with Crippen LogP contribution < -0.4 is 0 Å². The van der Waals surface area contributed by atoms with E-state index in [4.69, 9.17) is 0 Å². The van der Waals surface area contributed by atoms with E-state index < -0.39 is 0 Å². The lowest BCUT2D eigenvalue weighted by Crippen LogP contribution is -1.96. The first-order valence-electron chi connectivity index (χ1n) is 5.80. The SMILES string of the molecule is CC(=O)c1cc(-c2ccccn2)c2ccccn12. The van der Waals surface area contributed by atoms with Gasteiger partial charge in [0, 0.05) is 24.9 Å². The summed E-state index contributed by atoms with van der Waals surface area (Å²) in [5, 5.41) is 0. The van der Waals surface area contributed by atoms with Crippen molar-refractivity contribution in [3.05, 3.63) is 60.6 Å². The highest BCUT2D eigenvalue weighted by Crippen LogP contribution is 2.26. The van der Waals surface area contributed by atoms with Crippen LogP contribution in [0.2, 0.25) is 0 Å². The van der Waals surface area contributed by atoms with Crippen LogP contribution in [-0.2, 0) is 0 Å². The number of rotatable bonds is 2. The van der Waals surface area contributed by atoms with Gasteiger partial charge in [-0.15, -0.1) is 0 Å². The van der Waals surface area contributed by atoms with E-state index in [1.54, 1.807) is 13.1 Å². The molecule has 0 aliphatic heterocycles. The number of carbonyl (C=O) groups is 1. The molecule has 0 fully saturated rings. The molecule has 0 atom stereocenters. The Balaban J connectivity index is 2.34. The minimum atomic E-state index is 0.0541. The molecule has 3 rings (SSSR count). The van der Waals surface area contributed by atoms with Crippen molar-refractivity contribution < 1.29 is 4.79 Å². The van der Waals surface area contributed by atoms with Crippen LogP contribution in [0.15, 0.2) is 54.9 Å². The summed E-state index contributed by atoms with van der Waals surface area (Å²) in [4.78, 5) is 16.0. The lowest BCUT2D eigenvalue weighted by Gasteiger charge is -1.99. The highest BCUT2D eigenvalue weighted by Gasteiger charge is 2.13. The minimum absolute atomic E-state index is 0.0541. The molecule has 0 amide bonds. The minimum Gasteiger partial charge on any atom is -0.313 e. The molecular weight excluding hydrogens is 224 g/mol. The molecule has 0 bridgehead atoms. The monoisotopic (exact) mass is 236 g/mol. The van der Waals surface area contributed by atoms with Crippen molar-refractivity contribution in [2.24, 2.45) is 0 Å². The zero-order valence-electron chi connectivity index (χ0n) is 10.00. The van der Waals surface area contributed by atoms with E-state index in [0.29, 0.717) is 5.69 Å². The number of nitrogens with zero attached hydrogens (tertiary/aromatic N) is 2. The molecule has 3 nitrogen and oxygen atoms in total. The van der Waals surface area contributed by atoms with Gasteiger partial charge >= 0.3 is 0 Å². The third-order valence-corrected chi connectivity index (χ3v) is 2.98. The second kappa shape index (κ2) is 4.11. The maximum Gasteiger partial charge on any atom is 0.176 e. The molecule has 0 unspecified atom stereocenters. The van der Waals surface area contributed by atoms with Gasteiger partial charge in [0.1, 0.15) is 0 Å². The van der Waals surface area contributed by atoms with E-state index >= 15 is 0 Å². The Morgan fingerprint density at radius 3 is 2.72 bits per heavy atom. The van der Waals surface area contributed by atoms with E-state index in [1.807, 2.05) is 53.1 Å². The van der Waals surface area contributed by atoms with E-state index in [0.717, 1.165) is 16.8 Å². The summed E-state index contributed by atoms with van der Waals surface area (Å²) in [5.74, 6) is 0.0541. The van der Waals surface area contributed by atoms with Crippen molar-refractivity contribution in [1.29, 1.82) is 0 Å². The maximum absolute atomic E-state index is 11.7. The van der Waals surface area contributed by atoms with Gasteiger partial charge in [-0.05, 0) is 30.3 Å². The molecule has 3 heteroatoms. The first kappa shape index (κ1) is 10.7. The second-order valence-electron chi connectivity index (χ2n) is 4.17. The van der Waals surface area contributed by atoms with Gasteiger partial charge in [0.25, 0.3) is 0 Å². The molecule has 0 N–H and O–H groups in total. The topological polar surface area (TPSA) is 34.4 Å². The number of hydrogen-bond acceptors (Lipinski definition) is 2. The number of ketones is 1. The molecule has 3 aromatic rings. The Kier molecular flexibility index (Phi) is 2.45. The molecule has 0 saturated carbocycles. The number of aromatic nitrogens is 2. The number of pyridine rings is 2. The van der Waals surface area contributed by atoms with Crippen LogP contribution in [0.25, 0.3) is 16.8 Å². The molecule has 3 aromatic heterocycles. The largest absolute Gasteiger partial charge is 0.313 e. The standard InChI is InChI=1S/C15H12N2O/c1-11(18)15-10-12(13-6-2-4-8-16-13)14-7-3-5-9-17(14)15/h2-10H,1H3. The molecule has 0 aliphatic carbocycles. The summed E-state index contributed by atoms with van der Waals surface area (Å²) >= 11 is 0. The molecule has 0 aliphatic rings. The molecule has 0 aromatic carbocycles. The first-order chi connectivity index (χ1) is 8.77. The molecule has 3 heterocycles. The predicted octanol–water partition coefficient (Wildman–Crippen LogP) is 3.20. The molecule has 0 radical (unpaired) electrons. The van der Waals surface area contributed by atoms with Crippen molar-refractivity contribution in [3.8, 4) is 11.3 Å². The van der Waals surface area contributed by atoms with Crippen LogP contribution in [-0.4, -0.2) is 15.2 Å². The average Bonchev–Trinajstić information content (AvgIpc) is 2.79. The van der Waals surface area contributed by atoms with Gasteiger partial charge in [0.2, 0.25) is 0 Å². The Morgan fingerprint density at radius 1 is 1.17 bits per heavy atom. The van der Waals surface area contributed by atoms with Crippen LogP contribution >= 0.6 is 0 Å². The molecule has 88 valence electrons. The summed E-state index contributed by atoms with van der Waals surface area (Å²) in [6, 6.07) is 13.6. The summed E-state index contributed by atoms with van der Waals surface area (Å²) in [6.45, 7) is 1.58. The Bertz CT molecular complexity index is 714. The number of carbonyl (C=O) groups excluding carboxylic acids is 1.